The molecule has 192 valence electrons. The maximum atomic E-state index is 9.82. The molecule has 0 fully saturated rings. The van der Waals surface area contributed by atoms with Crippen molar-refractivity contribution in [2.45, 2.75) is 78.2 Å². The lowest BCUT2D eigenvalue weighted by Gasteiger charge is -2.39. The fourth-order valence-corrected chi connectivity index (χ4v) is 4.01. The summed E-state index contributed by atoms with van der Waals surface area (Å²) in [7, 11) is 5.86. The number of carbonyl (C=O) groups excluding carboxylic acids is 1. The predicted molar refractivity (Wildman–Crippen MR) is 141 cm³/mol. The predicted octanol–water partition coefficient (Wildman–Crippen LogP) is 5.11. The van der Waals surface area contributed by atoms with Crippen LogP contribution < -0.4 is 4.74 Å². The van der Waals surface area contributed by atoms with Gasteiger partial charge in [-0.15, -0.1) is 0 Å². The summed E-state index contributed by atoms with van der Waals surface area (Å²) in [6.07, 6.45) is 4.95. The van der Waals surface area contributed by atoms with E-state index in [1.165, 1.54) is 12.5 Å². The van der Waals surface area contributed by atoms with Gasteiger partial charge in [0.15, 0.2) is 0 Å². The van der Waals surface area contributed by atoms with Crippen molar-refractivity contribution in [2.24, 2.45) is 4.99 Å². The number of hydrogen-bond donors (Lipinski definition) is 0. The Morgan fingerprint density at radius 3 is 2.14 bits per heavy atom. The number of aliphatic imine (C=N–C) groups is 1. The Kier molecular flexibility index (Phi) is 9.81. The molecule has 2 aromatic rings. The average Bonchev–Trinajstić information content (AvgIpc) is 2.80. The molecule has 0 bridgehead atoms. The number of amidine groups is 1. The zero-order chi connectivity index (χ0) is 26.2. The van der Waals surface area contributed by atoms with Gasteiger partial charge < -0.3 is 14.4 Å². The summed E-state index contributed by atoms with van der Waals surface area (Å²) in [6, 6.07) is 8.21. The van der Waals surface area contributed by atoms with Gasteiger partial charge in [-0.05, 0) is 37.5 Å². The first-order valence-electron chi connectivity index (χ1n) is 12.2. The Morgan fingerprint density at radius 1 is 1.06 bits per heavy atom. The summed E-state index contributed by atoms with van der Waals surface area (Å²) in [6.45, 7) is 13.1. The molecule has 0 saturated heterocycles. The smallest absolute Gasteiger partial charge is 0.302 e. The number of fused-ring (bicyclic) bond motifs is 1. The molecule has 0 radical (unpaired) electrons. The minimum Gasteiger partial charge on any atom is -0.487 e. The highest BCUT2D eigenvalue weighted by Crippen LogP contribution is 2.43. The van der Waals surface area contributed by atoms with Crippen molar-refractivity contribution in [3.8, 4) is 5.75 Å². The molecule has 0 spiro atoms. The fraction of sp³-hybridized carbons (Fsp3) is 0.571. The zero-order valence-electron chi connectivity index (χ0n) is 22.9. The first-order chi connectivity index (χ1) is 16.4. The number of likely N-dealkylation sites (N-methyl/N-ethyl adjacent to an activating group) is 1. The van der Waals surface area contributed by atoms with Crippen LogP contribution in [0.1, 0.15) is 77.0 Å². The van der Waals surface area contributed by atoms with Crippen LogP contribution in [0.25, 0.3) is 0 Å². The van der Waals surface area contributed by atoms with E-state index in [0.717, 1.165) is 47.9 Å². The van der Waals surface area contributed by atoms with Gasteiger partial charge in [0.1, 0.15) is 18.2 Å². The Bertz CT molecular complexity index is 1010. The van der Waals surface area contributed by atoms with E-state index >= 15 is 0 Å². The van der Waals surface area contributed by atoms with E-state index < -0.39 is 0 Å². The summed E-state index contributed by atoms with van der Waals surface area (Å²) in [5.41, 5.74) is 4.49. The van der Waals surface area contributed by atoms with Crippen molar-refractivity contribution in [1.29, 1.82) is 0 Å². The Morgan fingerprint density at radius 2 is 1.66 bits per heavy atom. The van der Waals surface area contributed by atoms with Gasteiger partial charge in [0.2, 0.25) is 0 Å². The van der Waals surface area contributed by atoms with Crippen molar-refractivity contribution < 1.29 is 14.3 Å². The lowest BCUT2D eigenvalue weighted by atomic mass is 9.67. The van der Waals surface area contributed by atoms with Gasteiger partial charge in [-0.1, -0.05) is 39.8 Å². The minimum atomic E-state index is -0.211. The molecule has 0 aliphatic heterocycles. The van der Waals surface area contributed by atoms with Crippen LogP contribution in [0.2, 0.25) is 0 Å². The molecule has 0 N–H and O–H groups in total. The molecule has 1 aromatic heterocycles. The van der Waals surface area contributed by atoms with Gasteiger partial charge in [0.05, 0.1) is 29.9 Å². The summed E-state index contributed by atoms with van der Waals surface area (Å²) < 4.78 is 10.4. The van der Waals surface area contributed by atoms with Crippen LogP contribution >= 0.6 is 0 Å². The number of rotatable bonds is 6. The monoisotopic (exact) mass is 482 g/mol. The normalized spacial score (nSPS) is 15.9. The van der Waals surface area contributed by atoms with E-state index in [2.05, 4.69) is 49.6 Å². The van der Waals surface area contributed by atoms with Gasteiger partial charge in [-0.3, -0.25) is 19.8 Å². The van der Waals surface area contributed by atoms with Crippen molar-refractivity contribution in [2.75, 3.05) is 27.7 Å². The zero-order valence-corrected chi connectivity index (χ0v) is 22.9. The van der Waals surface area contributed by atoms with E-state index in [0.29, 0.717) is 13.2 Å². The standard InChI is InChI=1S/C24H34N4O.C4H8O2/c1-23(2)12-13-24(3,4)22-21(23)26-15-18(27-22)16-29-19-10-8-17(9-11-19)14-20(25-5)28(6)7;1-3-6-4(2)5/h8-11,15H,12-14,16H2,1-7H3;3H2,1-2H3. The Labute approximate surface area is 211 Å². The molecule has 35 heavy (non-hydrogen) atoms. The minimum absolute atomic E-state index is 0.0560. The van der Waals surface area contributed by atoms with Gasteiger partial charge in [0.25, 0.3) is 0 Å². The Balaban J connectivity index is 0.000000641. The number of hydrogen-bond acceptors (Lipinski definition) is 6. The largest absolute Gasteiger partial charge is 0.487 e. The van der Waals surface area contributed by atoms with E-state index in [4.69, 9.17) is 14.7 Å². The molecule has 1 aliphatic carbocycles. The molecule has 7 nitrogen and oxygen atoms in total. The highest BCUT2D eigenvalue weighted by Gasteiger charge is 2.39. The molecule has 1 heterocycles. The fourth-order valence-electron chi connectivity index (χ4n) is 4.01. The van der Waals surface area contributed by atoms with Gasteiger partial charge in [-0.2, -0.15) is 0 Å². The molecule has 7 heteroatoms. The number of esters is 1. The quantitative estimate of drug-likeness (QED) is 0.324. The second-order valence-corrected chi connectivity index (χ2v) is 10.4. The molecule has 1 aliphatic rings. The third-order valence-electron chi connectivity index (χ3n) is 6.27. The number of benzene rings is 1. The van der Waals surface area contributed by atoms with Crippen LogP contribution in [-0.2, 0) is 33.4 Å². The molecule has 3 rings (SSSR count). The molecule has 1 aromatic carbocycles. The van der Waals surface area contributed by atoms with E-state index in [1.54, 1.807) is 6.92 Å². The van der Waals surface area contributed by atoms with Crippen LogP contribution in [0.15, 0.2) is 35.5 Å². The molecular weight excluding hydrogens is 440 g/mol. The Hall–Kier alpha value is -2.96. The third kappa shape index (κ3) is 8.05. The number of carbonyl (C=O) groups is 1. The first kappa shape index (κ1) is 28.3. The van der Waals surface area contributed by atoms with Crippen LogP contribution in [0.3, 0.4) is 0 Å². The number of ether oxygens (including phenoxy) is 2. The lowest BCUT2D eigenvalue weighted by Crippen LogP contribution is -2.36. The molecule has 0 atom stereocenters. The molecule has 0 saturated carbocycles. The topological polar surface area (TPSA) is 76.9 Å². The van der Waals surface area contributed by atoms with Crippen LogP contribution in [0.4, 0.5) is 0 Å². The molecule has 0 amide bonds. The summed E-state index contributed by atoms with van der Waals surface area (Å²) >= 11 is 0. The maximum absolute atomic E-state index is 9.82. The SMILES string of the molecule is CCOC(C)=O.CN=C(Cc1ccc(OCc2cnc3c(n2)C(C)(C)CCC3(C)C)cc1)N(C)C. The van der Waals surface area contributed by atoms with Crippen molar-refractivity contribution in [1.82, 2.24) is 14.9 Å². The third-order valence-corrected chi connectivity index (χ3v) is 6.27. The highest BCUT2D eigenvalue weighted by molar-refractivity contribution is 5.83. The van der Waals surface area contributed by atoms with Crippen LogP contribution in [0, 0.1) is 0 Å². The van der Waals surface area contributed by atoms with Crippen molar-refractivity contribution in [3.05, 3.63) is 53.1 Å². The second-order valence-electron chi connectivity index (χ2n) is 10.4. The number of aromatic nitrogens is 2. The van der Waals surface area contributed by atoms with Crippen LogP contribution in [0.5, 0.6) is 5.75 Å². The van der Waals surface area contributed by atoms with E-state index in [1.807, 2.05) is 44.4 Å². The molecule has 0 unspecified atom stereocenters. The van der Waals surface area contributed by atoms with E-state index in [-0.39, 0.29) is 16.8 Å². The van der Waals surface area contributed by atoms with Gasteiger partial charge >= 0.3 is 5.97 Å². The highest BCUT2D eigenvalue weighted by atomic mass is 16.5. The summed E-state index contributed by atoms with van der Waals surface area (Å²) in [5.74, 6) is 1.68. The maximum Gasteiger partial charge on any atom is 0.302 e. The lowest BCUT2D eigenvalue weighted by molar-refractivity contribution is -0.140. The van der Waals surface area contributed by atoms with Crippen LogP contribution in [-0.4, -0.2) is 54.4 Å². The van der Waals surface area contributed by atoms with Gasteiger partial charge in [-0.25, -0.2) is 0 Å². The first-order valence-corrected chi connectivity index (χ1v) is 12.2. The summed E-state index contributed by atoms with van der Waals surface area (Å²) in [4.78, 5) is 25.9. The van der Waals surface area contributed by atoms with Crippen molar-refractivity contribution in [3.63, 3.8) is 0 Å². The molecular formula is C28H42N4O3. The summed E-state index contributed by atoms with van der Waals surface area (Å²) in [5, 5.41) is 0. The average molecular weight is 483 g/mol. The second kappa shape index (κ2) is 12.1. The van der Waals surface area contributed by atoms with Crippen molar-refractivity contribution >= 4 is 11.8 Å². The van der Waals surface area contributed by atoms with E-state index in [9.17, 15) is 4.79 Å². The number of nitrogens with zero attached hydrogens (tertiary/aromatic N) is 4. The van der Waals surface area contributed by atoms with Gasteiger partial charge in [0, 0.05) is 45.3 Å².